The number of nitrogens with one attached hydrogen (secondary N) is 1. The SMILES string of the molecule is CCOC(=O)c1cc(N)cnc1Nc1cc(Cl)cc(Cl)c1. The van der Waals surface area contributed by atoms with Gasteiger partial charge in [-0.3, -0.25) is 0 Å². The summed E-state index contributed by atoms with van der Waals surface area (Å²) in [4.78, 5) is 16.0. The second-order valence-electron chi connectivity index (χ2n) is 4.17. The van der Waals surface area contributed by atoms with Crippen molar-refractivity contribution in [2.45, 2.75) is 6.92 Å². The topological polar surface area (TPSA) is 77.2 Å². The van der Waals surface area contributed by atoms with Gasteiger partial charge in [0.1, 0.15) is 11.4 Å². The molecule has 0 bridgehead atoms. The number of carbonyl (C=O) groups excluding carboxylic acids is 1. The number of esters is 1. The fourth-order valence-corrected chi connectivity index (χ4v) is 2.23. The predicted octanol–water partition coefficient (Wildman–Crippen LogP) is 3.89. The van der Waals surface area contributed by atoms with Crippen LogP contribution in [0.3, 0.4) is 0 Å². The Bertz CT molecular complexity index is 657. The number of pyridine rings is 1. The Morgan fingerprint density at radius 2 is 1.95 bits per heavy atom. The zero-order chi connectivity index (χ0) is 15.4. The maximum atomic E-state index is 11.9. The number of halogens is 2. The van der Waals surface area contributed by atoms with Crippen LogP contribution in [0.1, 0.15) is 17.3 Å². The Kier molecular flexibility index (Phi) is 4.88. The van der Waals surface area contributed by atoms with Crippen LogP contribution in [0.5, 0.6) is 0 Å². The molecule has 0 saturated carbocycles. The molecule has 0 fully saturated rings. The average molecular weight is 326 g/mol. The van der Waals surface area contributed by atoms with Crippen LogP contribution in [-0.2, 0) is 4.74 Å². The predicted molar refractivity (Wildman–Crippen MR) is 84.4 cm³/mol. The Hall–Kier alpha value is -1.98. The van der Waals surface area contributed by atoms with Gasteiger partial charge in [-0.1, -0.05) is 23.2 Å². The van der Waals surface area contributed by atoms with E-state index in [4.69, 9.17) is 33.7 Å². The van der Waals surface area contributed by atoms with Crippen LogP contribution in [0, 0.1) is 0 Å². The highest BCUT2D eigenvalue weighted by molar-refractivity contribution is 6.35. The Labute approximate surface area is 132 Å². The zero-order valence-electron chi connectivity index (χ0n) is 11.2. The molecule has 0 amide bonds. The molecule has 21 heavy (non-hydrogen) atoms. The molecule has 0 aliphatic carbocycles. The molecule has 5 nitrogen and oxygen atoms in total. The second-order valence-corrected chi connectivity index (χ2v) is 5.04. The second kappa shape index (κ2) is 6.65. The number of benzene rings is 1. The van der Waals surface area contributed by atoms with E-state index in [2.05, 4.69) is 10.3 Å². The number of aromatic nitrogens is 1. The minimum Gasteiger partial charge on any atom is -0.462 e. The molecule has 110 valence electrons. The summed E-state index contributed by atoms with van der Waals surface area (Å²) in [7, 11) is 0. The minimum absolute atomic E-state index is 0.243. The van der Waals surface area contributed by atoms with E-state index in [9.17, 15) is 4.79 Å². The Morgan fingerprint density at radius 1 is 1.29 bits per heavy atom. The van der Waals surface area contributed by atoms with Gasteiger partial charge in [-0.15, -0.1) is 0 Å². The van der Waals surface area contributed by atoms with E-state index in [1.165, 1.54) is 12.3 Å². The van der Waals surface area contributed by atoms with Crippen LogP contribution < -0.4 is 11.1 Å². The van der Waals surface area contributed by atoms with E-state index in [1.807, 2.05) is 0 Å². The smallest absolute Gasteiger partial charge is 0.341 e. The molecule has 0 unspecified atom stereocenters. The van der Waals surface area contributed by atoms with Crippen molar-refractivity contribution >= 4 is 46.4 Å². The van der Waals surface area contributed by atoms with Crippen molar-refractivity contribution in [3.63, 3.8) is 0 Å². The highest BCUT2D eigenvalue weighted by Gasteiger charge is 2.15. The molecule has 2 aromatic rings. The van der Waals surface area contributed by atoms with Crippen molar-refractivity contribution in [1.82, 2.24) is 4.98 Å². The summed E-state index contributed by atoms with van der Waals surface area (Å²) in [6, 6.07) is 6.44. The molecular weight excluding hydrogens is 313 g/mol. The van der Waals surface area contributed by atoms with Crippen molar-refractivity contribution < 1.29 is 9.53 Å². The summed E-state index contributed by atoms with van der Waals surface area (Å²) in [5, 5.41) is 3.93. The van der Waals surface area contributed by atoms with Gasteiger partial charge in [0, 0.05) is 15.7 Å². The first-order chi connectivity index (χ1) is 9.99. The molecule has 0 saturated heterocycles. The molecule has 0 atom stereocenters. The maximum Gasteiger partial charge on any atom is 0.341 e. The lowest BCUT2D eigenvalue weighted by Gasteiger charge is -2.11. The van der Waals surface area contributed by atoms with Gasteiger partial charge in [0.05, 0.1) is 18.5 Å². The summed E-state index contributed by atoms with van der Waals surface area (Å²) in [6.45, 7) is 1.98. The fraction of sp³-hybridized carbons (Fsp3) is 0.143. The number of rotatable bonds is 4. The third-order valence-electron chi connectivity index (χ3n) is 2.53. The highest BCUT2D eigenvalue weighted by Crippen LogP contribution is 2.26. The summed E-state index contributed by atoms with van der Waals surface area (Å²) >= 11 is 11.9. The van der Waals surface area contributed by atoms with Gasteiger partial charge in [0.2, 0.25) is 0 Å². The first-order valence-electron chi connectivity index (χ1n) is 6.15. The molecule has 1 aromatic carbocycles. The number of hydrogen-bond acceptors (Lipinski definition) is 5. The maximum absolute atomic E-state index is 11.9. The minimum atomic E-state index is -0.507. The molecule has 1 heterocycles. The van der Waals surface area contributed by atoms with E-state index < -0.39 is 5.97 Å². The first kappa shape index (κ1) is 15.4. The fourth-order valence-electron chi connectivity index (χ4n) is 1.71. The molecule has 0 spiro atoms. The molecule has 3 N–H and O–H groups in total. The Morgan fingerprint density at radius 3 is 2.57 bits per heavy atom. The summed E-state index contributed by atoms with van der Waals surface area (Å²) in [6.07, 6.45) is 1.44. The number of nitrogens with two attached hydrogens (primary N) is 1. The number of carbonyl (C=O) groups is 1. The molecular formula is C14H13Cl2N3O2. The molecule has 7 heteroatoms. The van der Waals surface area contributed by atoms with Crippen molar-refractivity contribution in [2.24, 2.45) is 0 Å². The van der Waals surface area contributed by atoms with Gasteiger partial charge in [-0.05, 0) is 31.2 Å². The summed E-state index contributed by atoms with van der Waals surface area (Å²) in [5.41, 5.74) is 6.88. The van der Waals surface area contributed by atoms with Gasteiger partial charge >= 0.3 is 5.97 Å². The first-order valence-corrected chi connectivity index (χ1v) is 6.91. The van der Waals surface area contributed by atoms with Crippen molar-refractivity contribution in [3.05, 3.63) is 46.1 Å². The number of anilines is 3. The van der Waals surface area contributed by atoms with Gasteiger partial charge < -0.3 is 15.8 Å². The van der Waals surface area contributed by atoms with Crippen LogP contribution >= 0.6 is 23.2 Å². The molecule has 0 aliphatic rings. The number of ether oxygens (including phenoxy) is 1. The lowest BCUT2D eigenvalue weighted by molar-refractivity contribution is 0.0527. The molecule has 1 aromatic heterocycles. The van der Waals surface area contributed by atoms with Gasteiger partial charge in [0.25, 0.3) is 0 Å². The molecule has 0 radical (unpaired) electrons. The van der Waals surface area contributed by atoms with E-state index in [-0.39, 0.29) is 12.2 Å². The van der Waals surface area contributed by atoms with Crippen molar-refractivity contribution in [2.75, 3.05) is 17.7 Å². The van der Waals surface area contributed by atoms with E-state index >= 15 is 0 Å². The standard InChI is InChI=1S/C14H13Cl2N3O2/c1-2-21-14(20)12-6-10(17)7-18-13(12)19-11-4-8(15)3-9(16)5-11/h3-7H,2,17H2,1H3,(H,18,19). The molecule has 0 aliphatic heterocycles. The van der Waals surface area contributed by atoms with E-state index in [0.29, 0.717) is 27.2 Å². The van der Waals surface area contributed by atoms with Gasteiger partial charge in [-0.2, -0.15) is 0 Å². The third kappa shape index (κ3) is 4.00. The third-order valence-corrected chi connectivity index (χ3v) is 2.97. The van der Waals surface area contributed by atoms with Crippen LogP contribution in [-0.4, -0.2) is 17.6 Å². The van der Waals surface area contributed by atoms with Gasteiger partial charge in [-0.25, -0.2) is 9.78 Å². The van der Waals surface area contributed by atoms with Crippen LogP contribution in [0.2, 0.25) is 10.0 Å². The molecule has 2 rings (SSSR count). The lowest BCUT2D eigenvalue weighted by Crippen LogP contribution is -2.10. The summed E-state index contributed by atoms with van der Waals surface area (Å²) < 4.78 is 4.98. The Balaban J connectivity index is 2.37. The highest BCUT2D eigenvalue weighted by atomic mass is 35.5. The largest absolute Gasteiger partial charge is 0.462 e. The number of nitrogen functional groups attached to an aromatic ring is 1. The van der Waals surface area contributed by atoms with Crippen molar-refractivity contribution in [3.8, 4) is 0 Å². The van der Waals surface area contributed by atoms with Crippen LogP contribution in [0.25, 0.3) is 0 Å². The van der Waals surface area contributed by atoms with Crippen molar-refractivity contribution in [1.29, 1.82) is 0 Å². The average Bonchev–Trinajstić information content (AvgIpc) is 2.40. The lowest BCUT2D eigenvalue weighted by atomic mass is 10.2. The monoisotopic (exact) mass is 325 g/mol. The number of nitrogens with zero attached hydrogens (tertiary/aromatic N) is 1. The number of hydrogen-bond donors (Lipinski definition) is 2. The quantitative estimate of drug-likeness (QED) is 0.834. The summed E-state index contributed by atoms with van der Waals surface area (Å²) in [5.74, 6) is -0.186. The van der Waals surface area contributed by atoms with Crippen LogP contribution in [0.4, 0.5) is 17.2 Å². The normalized spacial score (nSPS) is 10.2. The van der Waals surface area contributed by atoms with E-state index in [1.54, 1.807) is 25.1 Å². The zero-order valence-corrected chi connectivity index (χ0v) is 12.7. The van der Waals surface area contributed by atoms with Crippen LogP contribution in [0.15, 0.2) is 30.5 Å². The van der Waals surface area contributed by atoms with E-state index in [0.717, 1.165) is 0 Å². The van der Waals surface area contributed by atoms with Gasteiger partial charge in [0.15, 0.2) is 0 Å².